The number of benzene rings is 4. The molecule has 2 N–H and O–H groups in total. The predicted octanol–water partition coefficient (Wildman–Crippen LogP) is 8.32. The van der Waals surface area contributed by atoms with Gasteiger partial charge in [0.15, 0.2) is 0 Å². The minimum absolute atomic E-state index is 0.711. The van der Waals surface area contributed by atoms with Crippen LogP contribution in [0.5, 0.6) is 0 Å². The van der Waals surface area contributed by atoms with Crippen LogP contribution in [-0.4, -0.2) is 72.1 Å². The van der Waals surface area contributed by atoms with Gasteiger partial charge in [0.2, 0.25) is 0 Å². The zero-order valence-corrected chi connectivity index (χ0v) is 26.2. The molecule has 0 unspecified atom stereocenters. The van der Waals surface area contributed by atoms with E-state index >= 15 is 0 Å². The third kappa shape index (κ3) is 6.26. The molecule has 4 aromatic carbocycles. The number of nitrogens with zero attached hydrogens (tertiary/aromatic N) is 4. The molecule has 0 bridgehead atoms. The van der Waals surface area contributed by atoms with Gasteiger partial charge in [0.05, 0.1) is 33.4 Å². The van der Waals surface area contributed by atoms with E-state index < -0.39 is 0 Å². The summed E-state index contributed by atoms with van der Waals surface area (Å²) in [4.78, 5) is 14.9. The van der Waals surface area contributed by atoms with Crippen LogP contribution in [0.3, 0.4) is 0 Å². The van der Waals surface area contributed by atoms with Gasteiger partial charge in [0.25, 0.3) is 0 Å². The van der Waals surface area contributed by atoms with Gasteiger partial charge in [0.1, 0.15) is 0 Å². The molecule has 44 heavy (non-hydrogen) atoms. The van der Waals surface area contributed by atoms with Crippen LogP contribution in [0, 0.1) is 0 Å². The molecule has 0 radical (unpaired) electrons. The Morgan fingerprint density at radius 1 is 0.523 bits per heavy atom. The van der Waals surface area contributed by atoms with Crippen molar-refractivity contribution in [2.24, 2.45) is 0 Å². The van der Waals surface area contributed by atoms with Crippen LogP contribution in [0.1, 0.15) is 12.8 Å². The van der Waals surface area contributed by atoms with Gasteiger partial charge in [-0.05, 0) is 74.5 Å². The maximum atomic E-state index is 6.27. The van der Waals surface area contributed by atoms with Crippen molar-refractivity contribution in [3.05, 3.63) is 95.0 Å². The number of halogens is 2. The maximum absolute atomic E-state index is 6.27. The topological polar surface area (TPSA) is 56.3 Å². The molecule has 0 atom stereocenters. The van der Waals surface area contributed by atoms with Crippen molar-refractivity contribution in [3.8, 4) is 0 Å². The van der Waals surface area contributed by atoms with E-state index in [1.165, 1.54) is 0 Å². The van der Waals surface area contributed by atoms with Crippen molar-refractivity contribution in [3.63, 3.8) is 0 Å². The lowest BCUT2D eigenvalue weighted by molar-refractivity contribution is 0.132. The van der Waals surface area contributed by atoms with Gasteiger partial charge in [-0.3, -0.25) is 0 Å². The maximum Gasteiger partial charge on any atom is 0.0745 e. The van der Waals surface area contributed by atoms with Crippen LogP contribution in [0.4, 0.5) is 11.4 Å². The number of anilines is 2. The Morgan fingerprint density at radius 2 is 0.932 bits per heavy atom. The molecule has 0 aliphatic carbocycles. The van der Waals surface area contributed by atoms with Crippen molar-refractivity contribution in [2.75, 3.05) is 63.0 Å². The fourth-order valence-corrected chi connectivity index (χ4v) is 6.71. The first-order valence-electron chi connectivity index (χ1n) is 15.5. The van der Waals surface area contributed by atoms with Crippen molar-refractivity contribution < 1.29 is 0 Å². The zero-order valence-electron chi connectivity index (χ0n) is 24.7. The monoisotopic (exact) mass is 622 g/mol. The standard InChI is InChI=1S/C36H36Cl2N6/c37-25-11-13-29-33(23-25)41-31-9-3-1-7-27(31)35(29)39-15-5-17-43-19-21-44(22-20-43)18-6-16-40-36-28-8-2-4-10-32(28)42-34-24-26(38)12-14-30(34)36/h1-4,7-14,23-24H,5-6,15-22H2,(H,39,41)(H,40,42). The summed E-state index contributed by atoms with van der Waals surface area (Å²) in [6.07, 6.45) is 2.18. The fourth-order valence-electron chi connectivity index (χ4n) is 6.38. The normalized spacial score (nSPS) is 14.6. The van der Waals surface area contributed by atoms with E-state index in [0.717, 1.165) is 120 Å². The number of aromatic nitrogens is 2. The first-order valence-corrected chi connectivity index (χ1v) is 16.3. The first kappa shape index (κ1) is 29.1. The SMILES string of the molecule is Clc1ccc2c(NCCCN3CCN(CCCNc4c5ccccc5nc5cc(Cl)ccc45)CC3)c3ccccc3nc2c1. The number of nitrogens with one attached hydrogen (secondary N) is 2. The number of para-hydroxylation sites is 2. The molecule has 7 rings (SSSR count). The predicted molar refractivity (Wildman–Crippen MR) is 188 cm³/mol. The second-order valence-corrected chi connectivity index (χ2v) is 12.4. The van der Waals surface area contributed by atoms with Crippen LogP contribution in [-0.2, 0) is 0 Å². The third-order valence-corrected chi connectivity index (χ3v) is 9.13. The number of hydrogen-bond donors (Lipinski definition) is 2. The molecule has 6 aromatic rings. The first-order chi connectivity index (χ1) is 21.6. The highest BCUT2D eigenvalue weighted by molar-refractivity contribution is 6.32. The summed E-state index contributed by atoms with van der Waals surface area (Å²) in [6.45, 7) is 8.51. The smallest absolute Gasteiger partial charge is 0.0745 e. The van der Waals surface area contributed by atoms with Crippen molar-refractivity contribution >= 4 is 78.2 Å². The van der Waals surface area contributed by atoms with E-state index in [1.807, 2.05) is 36.4 Å². The number of fused-ring (bicyclic) bond motifs is 4. The molecule has 8 heteroatoms. The molecule has 0 saturated carbocycles. The Bertz CT molecular complexity index is 1800. The van der Waals surface area contributed by atoms with Gasteiger partial charge in [-0.1, -0.05) is 59.6 Å². The zero-order chi connectivity index (χ0) is 29.9. The summed E-state index contributed by atoms with van der Waals surface area (Å²) in [6, 6.07) is 28.6. The van der Waals surface area contributed by atoms with Gasteiger partial charge in [-0.15, -0.1) is 0 Å². The molecular weight excluding hydrogens is 587 g/mol. The lowest BCUT2D eigenvalue weighted by Gasteiger charge is -2.34. The van der Waals surface area contributed by atoms with Crippen LogP contribution >= 0.6 is 23.2 Å². The summed E-state index contributed by atoms with van der Waals surface area (Å²) >= 11 is 12.5. The quantitative estimate of drug-likeness (QED) is 0.118. The number of piperazine rings is 1. The summed E-state index contributed by atoms with van der Waals surface area (Å²) in [5.74, 6) is 0. The summed E-state index contributed by atoms with van der Waals surface area (Å²) in [5, 5.41) is 13.4. The van der Waals surface area contributed by atoms with Crippen molar-refractivity contribution in [1.29, 1.82) is 0 Å². The van der Waals surface area contributed by atoms with E-state index in [-0.39, 0.29) is 0 Å². The van der Waals surface area contributed by atoms with E-state index in [9.17, 15) is 0 Å². The van der Waals surface area contributed by atoms with Gasteiger partial charge >= 0.3 is 0 Å². The van der Waals surface area contributed by atoms with Crippen LogP contribution < -0.4 is 10.6 Å². The molecule has 2 aromatic heterocycles. The van der Waals surface area contributed by atoms with Gasteiger partial charge in [-0.25, -0.2) is 9.97 Å². The minimum Gasteiger partial charge on any atom is -0.384 e. The Hall–Kier alpha value is -3.68. The molecular formula is C36H36Cl2N6. The molecule has 1 fully saturated rings. The van der Waals surface area contributed by atoms with E-state index in [0.29, 0.717) is 10.0 Å². The molecule has 3 heterocycles. The number of hydrogen-bond acceptors (Lipinski definition) is 6. The summed E-state index contributed by atoms with van der Waals surface area (Å²) < 4.78 is 0. The van der Waals surface area contributed by atoms with E-state index in [1.54, 1.807) is 0 Å². The Kier molecular flexibility index (Phi) is 8.67. The van der Waals surface area contributed by atoms with E-state index in [4.69, 9.17) is 33.2 Å². The second-order valence-electron chi connectivity index (χ2n) is 11.6. The van der Waals surface area contributed by atoms with Crippen LogP contribution in [0.2, 0.25) is 10.0 Å². The number of rotatable bonds is 10. The second kappa shape index (κ2) is 13.1. The fraction of sp³-hybridized carbons (Fsp3) is 0.278. The Balaban J connectivity index is 0.884. The Labute approximate surface area is 268 Å². The van der Waals surface area contributed by atoms with Crippen molar-refractivity contribution in [2.45, 2.75) is 12.8 Å². The van der Waals surface area contributed by atoms with Gasteiger partial charge in [-0.2, -0.15) is 0 Å². The average molecular weight is 624 g/mol. The summed E-state index contributed by atoms with van der Waals surface area (Å²) in [7, 11) is 0. The van der Waals surface area contributed by atoms with Crippen molar-refractivity contribution in [1.82, 2.24) is 19.8 Å². The molecule has 224 valence electrons. The molecule has 1 aliphatic rings. The largest absolute Gasteiger partial charge is 0.384 e. The molecule has 0 amide bonds. The lowest BCUT2D eigenvalue weighted by atomic mass is 10.1. The highest BCUT2D eigenvalue weighted by Gasteiger charge is 2.17. The third-order valence-electron chi connectivity index (χ3n) is 8.66. The van der Waals surface area contributed by atoms with Crippen LogP contribution in [0.25, 0.3) is 43.6 Å². The molecule has 6 nitrogen and oxygen atoms in total. The van der Waals surface area contributed by atoms with E-state index in [2.05, 4.69) is 69.0 Å². The number of pyridine rings is 2. The molecule has 1 saturated heterocycles. The van der Waals surface area contributed by atoms with Gasteiger partial charge < -0.3 is 20.4 Å². The summed E-state index contributed by atoms with van der Waals surface area (Å²) in [5.41, 5.74) is 6.14. The lowest BCUT2D eigenvalue weighted by Crippen LogP contribution is -2.47. The highest BCUT2D eigenvalue weighted by atomic mass is 35.5. The van der Waals surface area contributed by atoms with Crippen LogP contribution in [0.15, 0.2) is 84.9 Å². The molecule has 0 spiro atoms. The molecule has 1 aliphatic heterocycles. The highest BCUT2D eigenvalue weighted by Crippen LogP contribution is 2.33. The average Bonchev–Trinajstić information content (AvgIpc) is 3.04. The Morgan fingerprint density at radius 3 is 1.39 bits per heavy atom. The minimum atomic E-state index is 0.711. The van der Waals surface area contributed by atoms with Gasteiger partial charge in [0, 0.05) is 70.9 Å².